The number of hydrogen-bond donors (Lipinski definition) is 2. The molecule has 0 aromatic rings. The largest absolute Gasteiger partial charge is 0.390 e. The van der Waals surface area contributed by atoms with Crippen molar-refractivity contribution in [3.8, 4) is 6.07 Å². The summed E-state index contributed by atoms with van der Waals surface area (Å²) in [6.45, 7) is 5.04. The number of nitriles is 1. The summed E-state index contributed by atoms with van der Waals surface area (Å²) in [4.78, 5) is 2.11. The average Bonchev–Trinajstić information content (AvgIpc) is 3.05. The lowest BCUT2D eigenvalue weighted by Gasteiger charge is -2.22. The quantitative estimate of drug-likeness (QED) is 0.607. The number of nitrogens with zero attached hydrogens (tertiary/aromatic N) is 2. The van der Waals surface area contributed by atoms with Crippen LogP contribution in [0.15, 0.2) is 0 Å². The van der Waals surface area contributed by atoms with Crippen molar-refractivity contribution < 1.29 is 5.11 Å². The van der Waals surface area contributed by atoms with Crippen molar-refractivity contribution in [1.82, 2.24) is 10.2 Å². The molecule has 1 aliphatic carbocycles. The third-order valence-corrected chi connectivity index (χ3v) is 2.68. The zero-order valence-electron chi connectivity index (χ0n) is 9.45. The summed E-state index contributed by atoms with van der Waals surface area (Å²) in [5, 5.41) is 21.5. The Bertz CT molecular complexity index is 210. The molecule has 0 radical (unpaired) electrons. The Hall–Kier alpha value is -0.630. The van der Waals surface area contributed by atoms with Gasteiger partial charge in [0.05, 0.1) is 12.2 Å². The van der Waals surface area contributed by atoms with Gasteiger partial charge in [0.2, 0.25) is 0 Å². The third kappa shape index (κ3) is 5.73. The molecular formula is C11H21N3O. The monoisotopic (exact) mass is 211 g/mol. The van der Waals surface area contributed by atoms with Gasteiger partial charge in [0.25, 0.3) is 0 Å². The minimum absolute atomic E-state index is 0.316. The van der Waals surface area contributed by atoms with E-state index in [0.29, 0.717) is 25.6 Å². The maximum Gasteiger partial charge on any atom is 0.0791 e. The van der Waals surface area contributed by atoms with Crippen molar-refractivity contribution in [3.05, 3.63) is 0 Å². The van der Waals surface area contributed by atoms with E-state index in [1.54, 1.807) is 0 Å². The molecule has 0 amide bonds. The van der Waals surface area contributed by atoms with Crippen molar-refractivity contribution in [2.24, 2.45) is 0 Å². The number of nitrogens with one attached hydrogen (secondary N) is 1. The highest BCUT2D eigenvalue weighted by Gasteiger charge is 2.21. The number of aliphatic hydroxyl groups is 1. The average molecular weight is 211 g/mol. The predicted octanol–water partition coefficient (Wildman–Crippen LogP) is 0.335. The fraction of sp³-hybridized carbons (Fsp3) is 0.909. The van der Waals surface area contributed by atoms with E-state index in [9.17, 15) is 5.11 Å². The minimum atomic E-state index is -0.316. The summed E-state index contributed by atoms with van der Waals surface area (Å²) >= 11 is 0. The molecule has 0 spiro atoms. The molecule has 86 valence electrons. The van der Waals surface area contributed by atoms with Gasteiger partial charge in [0.15, 0.2) is 0 Å². The summed E-state index contributed by atoms with van der Waals surface area (Å²) < 4.78 is 0. The Balaban J connectivity index is 2.08. The molecule has 1 aliphatic rings. The predicted molar refractivity (Wildman–Crippen MR) is 59.4 cm³/mol. The van der Waals surface area contributed by atoms with Crippen LogP contribution in [0.25, 0.3) is 0 Å². The van der Waals surface area contributed by atoms with E-state index < -0.39 is 0 Å². The number of hydrogen-bond acceptors (Lipinski definition) is 4. The summed E-state index contributed by atoms with van der Waals surface area (Å²) in [6, 6.07) is 2.77. The van der Waals surface area contributed by atoms with Crippen LogP contribution in [0.3, 0.4) is 0 Å². The van der Waals surface area contributed by atoms with Gasteiger partial charge in [0.1, 0.15) is 0 Å². The van der Waals surface area contributed by atoms with Gasteiger partial charge in [-0.25, -0.2) is 0 Å². The second kappa shape index (κ2) is 6.78. The lowest BCUT2D eigenvalue weighted by molar-refractivity contribution is 0.115. The summed E-state index contributed by atoms with van der Waals surface area (Å²) in [5.74, 6) is 0. The lowest BCUT2D eigenvalue weighted by Crippen LogP contribution is -2.39. The van der Waals surface area contributed by atoms with Gasteiger partial charge in [0, 0.05) is 32.1 Å². The highest BCUT2D eigenvalue weighted by atomic mass is 16.3. The Morgan fingerprint density at radius 3 is 2.87 bits per heavy atom. The molecule has 0 aliphatic heterocycles. The molecule has 1 atom stereocenters. The van der Waals surface area contributed by atoms with E-state index in [0.717, 1.165) is 13.1 Å². The van der Waals surface area contributed by atoms with Gasteiger partial charge in [-0.1, -0.05) is 6.92 Å². The fourth-order valence-electron chi connectivity index (χ4n) is 1.54. The fourth-order valence-corrected chi connectivity index (χ4v) is 1.54. The van der Waals surface area contributed by atoms with Gasteiger partial charge in [-0.3, -0.25) is 4.90 Å². The normalized spacial score (nSPS) is 17.7. The van der Waals surface area contributed by atoms with E-state index in [1.165, 1.54) is 12.8 Å². The van der Waals surface area contributed by atoms with Crippen molar-refractivity contribution in [2.45, 2.75) is 38.3 Å². The van der Waals surface area contributed by atoms with E-state index in [4.69, 9.17) is 5.26 Å². The van der Waals surface area contributed by atoms with Gasteiger partial charge in [-0.05, 0) is 19.4 Å². The molecule has 0 bridgehead atoms. The molecule has 1 saturated carbocycles. The number of aliphatic hydroxyl groups excluding tert-OH is 1. The first kappa shape index (κ1) is 12.4. The van der Waals surface area contributed by atoms with Crippen LogP contribution >= 0.6 is 0 Å². The maximum absolute atomic E-state index is 9.74. The van der Waals surface area contributed by atoms with Gasteiger partial charge >= 0.3 is 0 Å². The minimum Gasteiger partial charge on any atom is -0.390 e. The van der Waals surface area contributed by atoms with Crippen LogP contribution in [0.4, 0.5) is 0 Å². The topological polar surface area (TPSA) is 59.3 Å². The molecule has 4 heteroatoms. The lowest BCUT2D eigenvalue weighted by atomic mass is 10.3. The maximum atomic E-state index is 9.74. The first-order valence-corrected chi connectivity index (χ1v) is 5.77. The first-order valence-electron chi connectivity index (χ1n) is 5.77. The Morgan fingerprint density at radius 2 is 2.33 bits per heavy atom. The molecule has 0 aromatic heterocycles. The van der Waals surface area contributed by atoms with Crippen LogP contribution in [0, 0.1) is 11.3 Å². The standard InChI is InChI=1S/C11H21N3O/c1-2-14(7-3-6-12)9-11(15)8-13-10-4-5-10/h10-11,13,15H,2-5,7-9H2,1H3. The molecular weight excluding hydrogens is 190 g/mol. The second-order valence-electron chi connectivity index (χ2n) is 4.14. The first-order chi connectivity index (χ1) is 7.26. The number of rotatable bonds is 8. The SMILES string of the molecule is CCN(CCC#N)CC(O)CNC1CC1. The van der Waals surface area contributed by atoms with Crippen LogP contribution < -0.4 is 5.32 Å². The van der Waals surface area contributed by atoms with Crippen molar-refractivity contribution in [2.75, 3.05) is 26.2 Å². The highest BCUT2D eigenvalue weighted by molar-refractivity contribution is 4.82. The van der Waals surface area contributed by atoms with Gasteiger partial charge in [-0.15, -0.1) is 0 Å². The van der Waals surface area contributed by atoms with Crippen LogP contribution in [-0.4, -0.2) is 48.3 Å². The van der Waals surface area contributed by atoms with Gasteiger partial charge in [-0.2, -0.15) is 5.26 Å². The smallest absolute Gasteiger partial charge is 0.0791 e. The zero-order valence-corrected chi connectivity index (χ0v) is 9.45. The Morgan fingerprint density at radius 1 is 1.60 bits per heavy atom. The molecule has 1 unspecified atom stereocenters. The summed E-state index contributed by atoms with van der Waals surface area (Å²) in [6.07, 6.45) is 2.72. The second-order valence-corrected chi connectivity index (χ2v) is 4.14. The van der Waals surface area contributed by atoms with E-state index in [-0.39, 0.29) is 6.10 Å². The highest BCUT2D eigenvalue weighted by Crippen LogP contribution is 2.18. The van der Waals surface area contributed by atoms with Crippen LogP contribution in [0.1, 0.15) is 26.2 Å². The van der Waals surface area contributed by atoms with Crippen molar-refractivity contribution in [3.63, 3.8) is 0 Å². The van der Waals surface area contributed by atoms with E-state index in [1.807, 2.05) is 0 Å². The Kier molecular flexibility index (Phi) is 5.62. The summed E-state index contributed by atoms with van der Waals surface area (Å²) in [7, 11) is 0. The molecule has 0 aromatic carbocycles. The third-order valence-electron chi connectivity index (χ3n) is 2.68. The van der Waals surface area contributed by atoms with E-state index in [2.05, 4.69) is 23.2 Å². The molecule has 0 saturated heterocycles. The van der Waals surface area contributed by atoms with Crippen LogP contribution in [0.2, 0.25) is 0 Å². The summed E-state index contributed by atoms with van der Waals surface area (Å²) in [5.41, 5.74) is 0. The van der Waals surface area contributed by atoms with Crippen LogP contribution in [0.5, 0.6) is 0 Å². The molecule has 2 N–H and O–H groups in total. The van der Waals surface area contributed by atoms with Crippen LogP contribution in [-0.2, 0) is 0 Å². The Labute approximate surface area is 91.9 Å². The molecule has 0 heterocycles. The molecule has 4 nitrogen and oxygen atoms in total. The molecule has 1 rings (SSSR count). The zero-order chi connectivity index (χ0) is 11.1. The van der Waals surface area contributed by atoms with E-state index >= 15 is 0 Å². The van der Waals surface area contributed by atoms with Crippen molar-refractivity contribution >= 4 is 0 Å². The number of likely N-dealkylation sites (N-methyl/N-ethyl adjacent to an activating group) is 1. The van der Waals surface area contributed by atoms with Gasteiger partial charge < -0.3 is 10.4 Å². The molecule has 1 fully saturated rings. The van der Waals surface area contributed by atoms with Crippen molar-refractivity contribution in [1.29, 1.82) is 5.26 Å². The molecule has 15 heavy (non-hydrogen) atoms.